The number of hydrogen-bond donors (Lipinski definition) is 2. The molecule has 2 amide bonds. The lowest BCUT2D eigenvalue weighted by Gasteiger charge is -2.31. The van der Waals surface area contributed by atoms with Crippen molar-refractivity contribution in [2.24, 2.45) is 0 Å². The minimum atomic E-state index is -0.468. The van der Waals surface area contributed by atoms with Crippen molar-refractivity contribution in [2.75, 3.05) is 5.32 Å². The van der Waals surface area contributed by atoms with E-state index < -0.39 is 5.54 Å². The van der Waals surface area contributed by atoms with Gasteiger partial charge in [0.2, 0.25) is 0 Å². The Hall–Kier alpha value is -2.87. The number of amides is 2. The maximum absolute atomic E-state index is 13.2. The molecule has 5 heteroatoms. The average Bonchev–Trinajstić information content (AvgIpc) is 3.05. The molecule has 0 unspecified atom stereocenters. The molecule has 24 heavy (non-hydrogen) atoms. The Morgan fingerprint density at radius 2 is 1.83 bits per heavy atom. The van der Waals surface area contributed by atoms with Gasteiger partial charge in [-0.15, -0.1) is 0 Å². The molecule has 2 N–H and O–H groups in total. The van der Waals surface area contributed by atoms with E-state index in [0.717, 1.165) is 31.2 Å². The highest BCUT2D eigenvalue weighted by Gasteiger charge is 2.37. The molecule has 0 bridgehead atoms. The third-order valence-electron chi connectivity index (χ3n) is 4.46. The molecule has 0 aliphatic heterocycles. The highest BCUT2D eigenvalue weighted by atomic mass is 19.1. The van der Waals surface area contributed by atoms with Crippen LogP contribution in [0, 0.1) is 17.1 Å². The van der Waals surface area contributed by atoms with Crippen LogP contribution in [0.25, 0.3) is 0 Å². The van der Waals surface area contributed by atoms with E-state index in [1.807, 2.05) is 6.07 Å². The number of nitrogens with zero attached hydrogens (tertiary/aromatic N) is 1. The first-order valence-corrected chi connectivity index (χ1v) is 7.97. The van der Waals surface area contributed by atoms with Crippen LogP contribution in [-0.2, 0) is 5.54 Å². The van der Waals surface area contributed by atoms with Crippen molar-refractivity contribution in [3.8, 4) is 6.07 Å². The number of carbonyl (C=O) groups excluding carboxylic acids is 1. The first kappa shape index (κ1) is 16.0. The fourth-order valence-electron chi connectivity index (χ4n) is 3.28. The van der Waals surface area contributed by atoms with Crippen molar-refractivity contribution < 1.29 is 9.18 Å². The Morgan fingerprint density at radius 3 is 2.50 bits per heavy atom. The van der Waals surface area contributed by atoms with Gasteiger partial charge in [-0.1, -0.05) is 31.0 Å². The van der Waals surface area contributed by atoms with E-state index in [1.165, 1.54) is 12.1 Å². The molecular formula is C19H18FN3O. The van der Waals surface area contributed by atoms with Crippen molar-refractivity contribution in [2.45, 2.75) is 31.2 Å². The van der Waals surface area contributed by atoms with Crippen LogP contribution in [0.1, 0.15) is 36.8 Å². The summed E-state index contributed by atoms with van der Waals surface area (Å²) in [5.41, 5.74) is 1.51. The van der Waals surface area contributed by atoms with Gasteiger partial charge in [0.25, 0.3) is 0 Å². The zero-order chi connectivity index (χ0) is 17.0. The van der Waals surface area contributed by atoms with Gasteiger partial charge in [0.05, 0.1) is 17.2 Å². The Labute approximate surface area is 140 Å². The van der Waals surface area contributed by atoms with Crippen LogP contribution < -0.4 is 10.6 Å². The van der Waals surface area contributed by atoms with Crippen molar-refractivity contribution in [1.82, 2.24) is 5.32 Å². The summed E-state index contributed by atoms with van der Waals surface area (Å²) in [5, 5.41) is 14.8. The second kappa shape index (κ2) is 6.71. The van der Waals surface area contributed by atoms with Gasteiger partial charge in [-0.25, -0.2) is 9.18 Å². The van der Waals surface area contributed by atoms with Crippen LogP contribution in [0.15, 0.2) is 48.5 Å². The highest BCUT2D eigenvalue weighted by Crippen LogP contribution is 2.38. The van der Waals surface area contributed by atoms with Gasteiger partial charge in [-0.3, -0.25) is 0 Å². The minimum absolute atomic E-state index is 0.287. The number of halogens is 1. The first-order valence-electron chi connectivity index (χ1n) is 7.97. The summed E-state index contributed by atoms with van der Waals surface area (Å²) in [4.78, 5) is 12.4. The Morgan fingerprint density at radius 1 is 1.12 bits per heavy atom. The molecular weight excluding hydrogens is 305 g/mol. The van der Waals surface area contributed by atoms with Crippen molar-refractivity contribution in [3.05, 3.63) is 65.5 Å². The molecule has 0 spiro atoms. The number of benzene rings is 2. The van der Waals surface area contributed by atoms with E-state index >= 15 is 0 Å². The van der Waals surface area contributed by atoms with E-state index in [9.17, 15) is 9.18 Å². The number of urea groups is 1. The lowest BCUT2D eigenvalue weighted by Crippen LogP contribution is -2.45. The fourth-order valence-corrected chi connectivity index (χ4v) is 3.28. The van der Waals surface area contributed by atoms with Gasteiger partial charge < -0.3 is 10.6 Å². The number of carbonyl (C=O) groups is 1. The van der Waals surface area contributed by atoms with Gasteiger partial charge in [-0.05, 0) is 48.7 Å². The molecule has 0 heterocycles. The van der Waals surface area contributed by atoms with Gasteiger partial charge in [0.1, 0.15) is 5.82 Å². The molecule has 0 radical (unpaired) electrons. The second-order valence-corrected chi connectivity index (χ2v) is 6.07. The maximum Gasteiger partial charge on any atom is 0.319 e. The zero-order valence-electron chi connectivity index (χ0n) is 13.2. The standard InChI is InChI=1S/C19H18FN3O/c20-16-8-6-15(7-9-16)19(10-1-2-11-19)23-18(24)22-17-5-3-4-14(12-17)13-21/h3-9,12H,1-2,10-11H2,(H2,22,23,24). The van der Waals surface area contributed by atoms with Crippen molar-refractivity contribution in [3.63, 3.8) is 0 Å². The van der Waals surface area contributed by atoms with E-state index in [2.05, 4.69) is 10.6 Å². The molecule has 0 saturated heterocycles. The van der Waals surface area contributed by atoms with Crippen LogP contribution >= 0.6 is 0 Å². The molecule has 122 valence electrons. The molecule has 0 atom stereocenters. The van der Waals surface area contributed by atoms with Crippen molar-refractivity contribution >= 4 is 11.7 Å². The lowest BCUT2D eigenvalue weighted by molar-refractivity contribution is 0.236. The van der Waals surface area contributed by atoms with E-state index in [4.69, 9.17) is 5.26 Å². The summed E-state index contributed by atoms with van der Waals surface area (Å²) < 4.78 is 13.2. The lowest BCUT2D eigenvalue weighted by atomic mass is 9.88. The largest absolute Gasteiger partial charge is 0.328 e. The molecule has 3 rings (SSSR count). The van der Waals surface area contributed by atoms with Gasteiger partial charge in [0.15, 0.2) is 0 Å². The van der Waals surface area contributed by atoms with Crippen LogP contribution in [0.2, 0.25) is 0 Å². The minimum Gasteiger partial charge on any atom is -0.328 e. The molecule has 0 aromatic heterocycles. The molecule has 1 saturated carbocycles. The molecule has 1 fully saturated rings. The number of rotatable bonds is 3. The summed E-state index contributed by atoms with van der Waals surface area (Å²) >= 11 is 0. The van der Waals surface area contributed by atoms with E-state index in [-0.39, 0.29) is 11.8 Å². The maximum atomic E-state index is 13.2. The molecule has 1 aliphatic carbocycles. The first-order chi connectivity index (χ1) is 11.6. The molecule has 2 aromatic rings. The third kappa shape index (κ3) is 3.38. The highest BCUT2D eigenvalue weighted by molar-refractivity contribution is 5.90. The normalized spacial score (nSPS) is 15.5. The average molecular weight is 323 g/mol. The number of nitrogens with one attached hydrogen (secondary N) is 2. The molecule has 4 nitrogen and oxygen atoms in total. The summed E-state index contributed by atoms with van der Waals surface area (Å²) in [7, 11) is 0. The van der Waals surface area contributed by atoms with Gasteiger partial charge >= 0.3 is 6.03 Å². The summed E-state index contributed by atoms with van der Waals surface area (Å²) in [5.74, 6) is -0.287. The number of anilines is 1. The van der Waals surface area contributed by atoms with Crippen LogP contribution in [-0.4, -0.2) is 6.03 Å². The Balaban J connectivity index is 1.77. The molecule has 1 aliphatic rings. The van der Waals surface area contributed by atoms with Crippen molar-refractivity contribution in [1.29, 1.82) is 5.26 Å². The monoisotopic (exact) mass is 323 g/mol. The predicted octanol–water partition coefficient (Wildman–Crippen LogP) is 4.29. The quantitative estimate of drug-likeness (QED) is 0.885. The molecule has 2 aromatic carbocycles. The Kier molecular flexibility index (Phi) is 4.48. The smallest absolute Gasteiger partial charge is 0.319 e. The van der Waals surface area contributed by atoms with Crippen LogP contribution in [0.4, 0.5) is 14.9 Å². The predicted molar refractivity (Wildman–Crippen MR) is 89.9 cm³/mol. The topological polar surface area (TPSA) is 64.9 Å². The zero-order valence-corrected chi connectivity index (χ0v) is 13.2. The third-order valence-corrected chi connectivity index (χ3v) is 4.46. The summed E-state index contributed by atoms with van der Waals surface area (Å²) in [6.45, 7) is 0. The summed E-state index contributed by atoms with van der Waals surface area (Å²) in [6, 6.07) is 14.8. The van der Waals surface area contributed by atoms with E-state index in [1.54, 1.807) is 36.4 Å². The van der Waals surface area contributed by atoms with Gasteiger partial charge in [0, 0.05) is 5.69 Å². The van der Waals surface area contributed by atoms with Gasteiger partial charge in [-0.2, -0.15) is 5.26 Å². The SMILES string of the molecule is N#Cc1cccc(NC(=O)NC2(c3ccc(F)cc3)CCCC2)c1. The van der Waals surface area contributed by atoms with E-state index in [0.29, 0.717) is 11.3 Å². The summed E-state index contributed by atoms with van der Waals surface area (Å²) in [6.07, 6.45) is 3.68. The van der Waals surface area contributed by atoms with Crippen LogP contribution in [0.5, 0.6) is 0 Å². The second-order valence-electron chi connectivity index (χ2n) is 6.07. The number of hydrogen-bond acceptors (Lipinski definition) is 2. The number of nitriles is 1. The fraction of sp³-hybridized carbons (Fsp3) is 0.263. The van der Waals surface area contributed by atoms with Crippen LogP contribution in [0.3, 0.4) is 0 Å². The Bertz CT molecular complexity index is 774.